The number of nitrogens with one attached hydrogen (secondary N) is 1. The van der Waals surface area contributed by atoms with E-state index in [-0.39, 0.29) is 11.8 Å². The van der Waals surface area contributed by atoms with Crippen LogP contribution in [0.15, 0.2) is 24.3 Å². The summed E-state index contributed by atoms with van der Waals surface area (Å²) in [7, 11) is 0. The second kappa shape index (κ2) is 8.53. The first-order valence-corrected chi connectivity index (χ1v) is 6.86. The molecule has 0 aromatic heterocycles. The fourth-order valence-electron chi connectivity index (χ4n) is 1.73. The van der Waals surface area contributed by atoms with Crippen molar-refractivity contribution in [1.29, 1.82) is 0 Å². The summed E-state index contributed by atoms with van der Waals surface area (Å²) in [5.74, 6) is -0.191. The van der Waals surface area contributed by atoms with E-state index in [2.05, 4.69) is 12.2 Å². The lowest BCUT2D eigenvalue weighted by atomic mass is 10.00. The number of nitrogen functional groups attached to an aromatic ring is 1. The maximum absolute atomic E-state index is 11.9. The summed E-state index contributed by atoms with van der Waals surface area (Å²) >= 11 is 0. The highest BCUT2D eigenvalue weighted by Gasteiger charge is 2.14. The highest BCUT2D eigenvalue weighted by atomic mass is 16.5. The normalized spacial score (nSPS) is 12.1. The largest absolute Gasteiger partial charge is 0.399 e. The van der Waals surface area contributed by atoms with E-state index in [0.717, 1.165) is 25.0 Å². The molecule has 0 aliphatic heterocycles. The molecule has 1 unspecified atom stereocenters. The molecule has 106 valence electrons. The average Bonchev–Trinajstić information content (AvgIpc) is 2.41. The van der Waals surface area contributed by atoms with Gasteiger partial charge in [0.1, 0.15) is 0 Å². The van der Waals surface area contributed by atoms with E-state index >= 15 is 0 Å². The average molecular weight is 264 g/mol. The number of hydrogen-bond acceptors (Lipinski definition) is 3. The molecule has 1 rings (SSSR count). The summed E-state index contributed by atoms with van der Waals surface area (Å²) < 4.78 is 5.39. The Kier molecular flexibility index (Phi) is 6.97. The van der Waals surface area contributed by atoms with Gasteiger partial charge in [-0.2, -0.15) is 0 Å². The predicted octanol–water partition coefficient (Wildman–Crippen LogP) is 2.31. The van der Waals surface area contributed by atoms with Crippen LogP contribution in [0.4, 0.5) is 5.69 Å². The van der Waals surface area contributed by atoms with Crippen LogP contribution in [0.2, 0.25) is 0 Å². The first-order valence-electron chi connectivity index (χ1n) is 6.86. The van der Waals surface area contributed by atoms with Gasteiger partial charge >= 0.3 is 0 Å². The molecule has 0 heterocycles. The van der Waals surface area contributed by atoms with Crippen molar-refractivity contribution in [2.75, 3.05) is 25.5 Å². The van der Waals surface area contributed by atoms with Gasteiger partial charge in [-0.1, -0.05) is 25.5 Å². The molecule has 4 heteroatoms. The van der Waals surface area contributed by atoms with Crippen LogP contribution < -0.4 is 11.1 Å². The molecular weight excluding hydrogens is 240 g/mol. The Bertz CT molecular complexity index is 393. The summed E-state index contributed by atoms with van der Waals surface area (Å²) in [6, 6.07) is 7.43. The molecule has 0 fully saturated rings. The van der Waals surface area contributed by atoms with Crippen molar-refractivity contribution < 1.29 is 9.53 Å². The summed E-state index contributed by atoms with van der Waals surface area (Å²) in [5, 5.41) is 2.87. The van der Waals surface area contributed by atoms with Crippen LogP contribution >= 0.6 is 0 Å². The van der Waals surface area contributed by atoms with Gasteiger partial charge in [0.2, 0.25) is 5.91 Å². The molecule has 0 radical (unpaired) electrons. The zero-order valence-corrected chi connectivity index (χ0v) is 11.8. The number of carbonyl (C=O) groups excluding carboxylic acids is 1. The lowest BCUT2D eigenvalue weighted by Crippen LogP contribution is -2.31. The van der Waals surface area contributed by atoms with Crippen molar-refractivity contribution in [3.63, 3.8) is 0 Å². The van der Waals surface area contributed by atoms with E-state index in [0.29, 0.717) is 18.8 Å². The molecule has 1 atom stereocenters. The van der Waals surface area contributed by atoms with Gasteiger partial charge in [-0.05, 0) is 31.0 Å². The minimum atomic E-state index is -0.195. The Balaban J connectivity index is 2.29. The van der Waals surface area contributed by atoms with Gasteiger partial charge in [0.15, 0.2) is 0 Å². The third-order valence-electron chi connectivity index (χ3n) is 2.99. The number of unbranched alkanes of at least 4 members (excludes halogenated alkanes) is 1. The van der Waals surface area contributed by atoms with Crippen LogP contribution in [-0.4, -0.2) is 25.7 Å². The Morgan fingerprint density at radius 3 is 2.89 bits per heavy atom. The van der Waals surface area contributed by atoms with Crippen molar-refractivity contribution in [1.82, 2.24) is 5.32 Å². The molecule has 4 nitrogen and oxygen atoms in total. The number of hydrogen-bond donors (Lipinski definition) is 2. The number of benzene rings is 1. The van der Waals surface area contributed by atoms with E-state index in [1.165, 1.54) is 0 Å². The molecule has 0 saturated carbocycles. The van der Waals surface area contributed by atoms with Crippen molar-refractivity contribution in [3.05, 3.63) is 29.8 Å². The summed E-state index contributed by atoms with van der Waals surface area (Å²) in [6.45, 7) is 5.88. The smallest absolute Gasteiger partial charge is 0.227 e. The van der Waals surface area contributed by atoms with Gasteiger partial charge in [0.05, 0.1) is 12.5 Å². The Morgan fingerprint density at radius 1 is 1.42 bits per heavy atom. The van der Waals surface area contributed by atoms with Crippen molar-refractivity contribution in [2.24, 2.45) is 0 Å². The van der Waals surface area contributed by atoms with Crippen LogP contribution in [0.1, 0.15) is 38.2 Å². The molecular formula is C15H24N2O2. The second-order valence-corrected chi connectivity index (χ2v) is 4.65. The van der Waals surface area contributed by atoms with Crippen LogP contribution in [0.3, 0.4) is 0 Å². The Labute approximate surface area is 115 Å². The lowest BCUT2D eigenvalue weighted by molar-refractivity contribution is -0.122. The number of anilines is 1. The minimum absolute atomic E-state index is 0.00434. The molecule has 0 aliphatic carbocycles. The summed E-state index contributed by atoms with van der Waals surface area (Å²) in [5.41, 5.74) is 7.33. The fourth-order valence-corrected chi connectivity index (χ4v) is 1.73. The molecule has 1 aromatic carbocycles. The van der Waals surface area contributed by atoms with E-state index in [4.69, 9.17) is 10.5 Å². The van der Waals surface area contributed by atoms with Crippen LogP contribution in [-0.2, 0) is 9.53 Å². The zero-order chi connectivity index (χ0) is 14.1. The number of carbonyl (C=O) groups is 1. The number of ether oxygens (including phenoxy) is 1. The molecule has 0 aliphatic rings. The van der Waals surface area contributed by atoms with Gasteiger partial charge in [-0.3, -0.25) is 4.79 Å². The van der Waals surface area contributed by atoms with Crippen molar-refractivity contribution in [2.45, 2.75) is 32.6 Å². The van der Waals surface area contributed by atoms with Gasteiger partial charge in [-0.15, -0.1) is 0 Å². The number of amides is 1. The predicted molar refractivity (Wildman–Crippen MR) is 78.0 cm³/mol. The first kappa shape index (κ1) is 15.5. The van der Waals surface area contributed by atoms with Crippen LogP contribution in [0.25, 0.3) is 0 Å². The lowest BCUT2D eigenvalue weighted by Gasteiger charge is -2.13. The third-order valence-corrected chi connectivity index (χ3v) is 2.99. The van der Waals surface area contributed by atoms with Gasteiger partial charge in [0, 0.05) is 18.8 Å². The third kappa shape index (κ3) is 5.75. The standard InChI is InChI=1S/C15H24N2O2/c1-3-4-9-19-10-8-17-15(18)12(2)13-6-5-7-14(16)11-13/h5-7,11-12H,3-4,8-10,16H2,1-2H3,(H,17,18). The Morgan fingerprint density at radius 2 is 2.21 bits per heavy atom. The SMILES string of the molecule is CCCCOCCNC(=O)C(C)c1cccc(N)c1. The molecule has 19 heavy (non-hydrogen) atoms. The van der Waals surface area contributed by atoms with Crippen molar-refractivity contribution >= 4 is 11.6 Å². The van der Waals surface area contributed by atoms with Crippen molar-refractivity contribution in [3.8, 4) is 0 Å². The topological polar surface area (TPSA) is 64.3 Å². The van der Waals surface area contributed by atoms with E-state index in [9.17, 15) is 4.79 Å². The van der Waals surface area contributed by atoms with Gasteiger partial charge < -0.3 is 15.8 Å². The summed E-state index contributed by atoms with van der Waals surface area (Å²) in [4.78, 5) is 11.9. The Hall–Kier alpha value is -1.55. The zero-order valence-electron chi connectivity index (χ0n) is 11.8. The maximum Gasteiger partial charge on any atom is 0.227 e. The fraction of sp³-hybridized carbons (Fsp3) is 0.533. The molecule has 1 aromatic rings. The molecule has 3 N–H and O–H groups in total. The number of rotatable bonds is 8. The van der Waals surface area contributed by atoms with E-state index in [1.807, 2.05) is 31.2 Å². The van der Waals surface area contributed by atoms with E-state index in [1.54, 1.807) is 0 Å². The van der Waals surface area contributed by atoms with Crippen LogP contribution in [0, 0.1) is 0 Å². The van der Waals surface area contributed by atoms with Gasteiger partial charge in [0.25, 0.3) is 0 Å². The quantitative estimate of drug-likeness (QED) is 0.559. The monoisotopic (exact) mass is 264 g/mol. The van der Waals surface area contributed by atoms with Crippen LogP contribution in [0.5, 0.6) is 0 Å². The highest BCUT2D eigenvalue weighted by molar-refractivity contribution is 5.83. The number of nitrogens with two attached hydrogens (primary N) is 1. The first-order chi connectivity index (χ1) is 9.15. The molecule has 0 spiro atoms. The second-order valence-electron chi connectivity index (χ2n) is 4.65. The molecule has 1 amide bonds. The minimum Gasteiger partial charge on any atom is -0.399 e. The van der Waals surface area contributed by atoms with Gasteiger partial charge in [-0.25, -0.2) is 0 Å². The molecule has 0 bridgehead atoms. The summed E-state index contributed by atoms with van der Waals surface area (Å²) in [6.07, 6.45) is 2.19. The molecule has 0 saturated heterocycles. The highest BCUT2D eigenvalue weighted by Crippen LogP contribution is 2.17. The van der Waals surface area contributed by atoms with E-state index < -0.39 is 0 Å². The maximum atomic E-state index is 11.9.